The largest absolute Gasteiger partial charge is 0.339 e. The fraction of sp³-hybridized carbons (Fsp3) is 0.0833. The molecule has 0 aliphatic heterocycles. The molecule has 0 aliphatic rings. The minimum Gasteiger partial charge on any atom is -0.339 e. The third kappa shape index (κ3) is 1.95. The summed E-state index contributed by atoms with van der Waals surface area (Å²) in [6.07, 6.45) is 3.22. The van der Waals surface area contributed by atoms with E-state index in [1.165, 1.54) is 11.9 Å². The number of anilines is 2. The Hall–Kier alpha value is -1.95. The fourth-order valence-electron chi connectivity index (χ4n) is 1.67. The summed E-state index contributed by atoms with van der Waals surface area (Å²) in [7, 11) is 0. The van der Waals surface area contributed by atoms with E-state index in [1.807, 2.05) is 25.1 Å². The van der Waals surface area contributed by atoms with Crippen LogP contribution in [0.4, 0.5) is 11.5 Å². The predicted molar refractivity (Wildman–Crippen MR) is 73.8 cm³/mol. The molecule has 6 heteroatoms. The van der Waals surface area contributed by atoms with E-state index in [1.54, 1.807) is 6.20 Å². The van der Waals surface area contributed by atoms with E-state index in [-0.39, 0.29) is 0 Å². The molecule has 0 bridgehead atoms. The van der Waals surface area contributed by atoms with Crippen molar-refractivity contribution in [1.29, 1.82) is 0 Å². The van der Waals surface area contributed by atoms with Crippen LogP contribution in [0.1, 0.15) is 5.56 Å². The molecule has 0 fully saturated rings. The number of nitrogens with one attached hydrogen (secondary N) is 2. The predicted octanol–water partition coefficient (Wildman–Crippen LogP) is 3.17. The molecule has 2 aromatic heterocycles. The molecular weight excluding hydrogens is 294 g/mol. The number of halogens is 1. The summed E-state index contributed by atoms with van der Waals surface area (Å²) in [4.78, 5) is 8.33. The van der Waals surface area contributed by atoms with Crippen LogP contribution in [-0.2, 0) is 0 Å². The third-order valence-corrected chi connectivity index (χ3v) is 3.54. The van der Waals surface area contributed by atoms with Crippen LogP contribution in [-0.4, -0.2) is 20.2 Å². The molecule has 0 unspecified atom stereocenters. The van der Waals surface area contributed by atoms with Crippen LogP contribution in [0, 0.1) is 6.92 Å². The van der Waals surface area contributed by atoms with Gasteiger partial charge in [-0.1, -0.05) is 22.0 Å². The first-order valence-electron chi connectivity index (χ1n) is 5.41. The van der Waals surface area contributed by atoms with Crippen molar-refractivity contribution in [3.05, 3.63) is 40.8 Å². The molecule has 0 saturated carbocycles. The lowest BCUT2D eigenvalue weighted by molar-refractivity contribution is 1.09. The van der Waals surface area contributed by atoms with E-state index in [9.17, 15) is 0 Å². The Bertz CT molecular complexity index is 707. The first-order chi connectivity index (χ1) is 8.74. The zero-order valence-corrected chi connectivity index (χ0v) is 11.2. The SMILES string of the molecule is Cc1ccc(Nc2ncnc3[nH]ncc23)cc1Br. The Balaban J connectivity index is 2.01. The van der Waals surface area contributed by atoms with Gasteiger partial charge < -0.3 is 5.32 Å². The lowest BCUT2D eigenvalue weighted by Gasteiger charge is -2.07. The van der Waals surface area contributed by atoms with Gasteiger partial charge in [-0.2, -0.15) is 5.10 Å². The average molecular weight is 304 g/mol. The third-order valence-electron chi connectivity index (χ3n) is 2.68. The first kappa shape index (κ1) is 11.2. The first-order valence-corrected chi connectivity index (χ1v) is 6.20. The molecule has 2 N–H and O–H groups in total. The van der Waals surface area contributed by atoms with E-state index in [4.69, 9.17) is 0 Å². The van der Waals surface area contributed by atoms with Gasteiger partial charge in [0.05, 0.1) is 11.6 Å². The maximum absolute atomic E-state index is 4.23. The second-order valence-corrected chi connectivity index (χ2v) is 4.80. The Kier molecular flexibility index (Phi) is 2.71. The van der Waals surface area contributed by atoms with Crippen LogP contribution in [0.3, 0.4) is 0 Å². The molecule has 0 aliphatic carbocycles. The summed E-state index contributed by atoms with van der Waals surface area (Å²) >= 11 is 3.51. The smallest absolute Gasteiger partial charge is 0.160 e. The maximum atomic E-state index is 4.23. The highest BCUT2D eigenvalue weighted by atomic mass is 79.9. The van der Waals surface area contributed by atoms with Crippen LogP contribution in [0.5, 0.6) is 0 Å². The molecule has 1 aromatic carbocycles. The van der Waals surface area contributed by atoms with Crippen LogP contribution in [0.2, 0.25) is 0 Å². The van der Waals surface area contributed by atoms with Crippen molar-refractivity contribution in [2.75, 3.05) is 5.32 Å². The molecule has 0 radical (unpaired) electrons. The average Bonchev–Trinajstić information content (AvgIpc) is 2.83. The van der Waals surface area contributed by atoms with Crippen molar-refractivity contribution >= 4 is 38.5 Å². The van der Waals surface area contributed by atoms with E-state index in [0.717, 1.165) is 27.0 Å². The van der Waals surface area contributed by atoms with Gasteiger partial charge in [0.25, 0.3) is 0 Å². The van der Waals surface area contributed by atoms with Gasteiger partial charge in [-0.3, -0.25) is 5.10 Å². The summed E-state index contributed by atoms with van der Waals surface area (Å²) in [5.74, 6) is 0.740. The molecule has 0 amide bonds. The maximum Gasteiger partial charge on any atom is 0.160 e. The molecule has 2 heterocycles. The number of fused-ring (bicyclic) bond motifs is 1. The van der Waals surface area contributed by atoms with Crippen molar-refractivity contribution in [2.45, 2.75) is 6.92 Å². The van der Waals surface area contributed by atoms with Gasteiger partial charge in [0, 0.05) is 10.2 Å². The van der Waals surface area contributed by atoms with Crippen molar-refractivity contribution in [2.24, 2.45) is 0 Å². The number of rotatable bonds is 2. The Morgan fingerprint density at radius 1 is 1.28 bits per heavy atom. The van der Waals surface area contributed by atoms with Crippen molar-refractivity contribution in [1.82, 2.24) is 20.2 Å². The lowest BCUT2D eigenvalue weighted by atomic mass is 10.2. The van der Waals surface area contributed by atoms with E-state index >= 15 is 0 Å². The van der Waals surface area contributed by atoms with Gasteiger partial charge in [-0.25, -0.2) is 9.97 Å². The molecule has 0 saturated heterocycles. The minimum absolute atomic E-state index is 0.721. The van der Waals surface area contributed by atoms with E-state index < -0.39 is 0 Å². The summed E-state index contributed by atoms with van der Waals surface area (Å²) in [5.41, 5.74) is 2.88. The highest BCUT2D eigenvalue weighted by Crippen LogP contribution is 2.25. The van der Waals surface area contributed by atoms with Crippen LogP contribution in [0.25, 0.3) is 11.0 Å². The molecule has 3 rings (SSSR count). The van der Waals surface area contributed by atoms with Crippen LogP contribution < -0.4 is 5.32 Å². The van der Waals surface area contributed by atoms with Crippen molar-refractivity contribution in [3.63, 3.8) is 0 Å². The minimum atomic E-state index is 0.721. The fourth-order valence-corrected chi connectivity index (χ4v) is 2.05. The molecule has 0 atom stereocenters. The number of H-pyrrole nitrogens is 1. The number of aromatic nitrogens is 4. The molecule has 0 spiro atoms. The highest BCUT2D eigenvalue weighted by Gasteiger charge is 2.06. The summed E-state index contributed by atoms with van der Waals surface area (Å²) in [5, 5.41) is 10.9. The topological polar surface area (TPSA) is 66.5 Å². The van der Waals surface area contributed by atoms with Gasteiger partial charge in [0.15, 0.2) is 5.65 Å². The standard InChI is InChI=1S/C12H10BrN5/c1-7-2-3-8(4-10(7)13)17-11-9-5-16-18-12(9)15-6-14-11/h2-6H,1H3,(H2,14,15,16,17,18). The molecule has 5 nitrogen and oxygen atoms in total. The van der Waals surface area contributed by atoms with Gasteiger partial charge in [0.2, 0.25) is 0 Å². The normalized spacial score (nSPS) is 10.8. The number of hydrogen-bond donors (Lipinski definition) is 2. The molecular formula is C12H10BrN5. The van der Waals surface area contributed by atoms with E-state index in [0.29, 0.717) is 0 Å². The quantitative estimate of drug-likeness (QED) is 0.763. The summed E-state index contributed by atoms with van der Waals surface area (Å²) in [6, 6.07) is 6.07. The number of hydrogen-bond acceptors (Lipinski definition) is 4. The molecule has 18 heavy (non-hydrogen) atoms. The zero-order valence-electron chi connectivity index (χ0n) is 9.61. The van der Waals surface area contributed by atoms with Crippen LogP contribution in [0.15, 0.2) is 35.2 Å². The van der Waals surface area contributed by atoms with Gasteiger partial charge in [0.1, 0.15) is 12.1 Å². The van der Waals surface area contributed by atoms with Gasteiger partial charge >= 0.3 is 0 Å². The second-order valence-electron chi connectivity index (χ2n) is 3.94. The second kappa shape index (κ2) is 4.38. The number of nitrogens with zero attached hydrogens (tertiary/aromatic N) is 3. The van der Waals surface area contributed by atoms with Crippen LogP contribution >= 0.6 is 15.9 Å². The van der Waals surface area contributed by atoms with Crippen molar-refractivity contribution < 1.29 is 0 Å². The monoisotopic (exact) mass is 303 g/mol. The number of benzene rings is 1. The Morgan fingerprint density at radius 3 is 3.00 bits per heavy atom. The Labute approximate surface area is 112 Å². The van der Waals surface area contributed by atoms with E-state index in [2.05, 4.69) is 41.4 Å². The van der Waals surface area contributed by atoms with Gasteiger partial charge in [-0.05, 0) is 24.6 Å². The summed E-state index contributed by atoms with van der Waals surface area (Å²) < 4.78 is 1.06. The zero-order chi connectivity index (χ0) is 12.5. The highest BCUT2D eigenvalue weighted by molar-refractivity contribution is 9.10. The lowest BCUT2D eigenvalue weighted by Crippen LogP contribution is -1.95. The summed E-state index contributed by atoms with van der Waals surface area (Å²) in [6.45, 7) is 2.05. The van der Waals surface area contributed by atoms with Gasteiger partial charge in [-0.15, -0.1) is 0 Å². The molecule has 3 aromatic rings. The molecule has 90 valence electrons. The number of aryl methyl sites for hydroxylation is 1. The Morgan fingerprint density at radius 2 is 2.17 bits per heavy atom. The number of aromatic amines is 1. The van der Waals surface area contributed by atoms with Crippen molar-refractivity contribution in [3.8, 4) is 0 Å².